The lowest BCUT2D eigenvalue weighted by atomic mass is 10.2. The fourth-order valence-electron chi connectivity index (χ4n) is 3.10. The van der Waals surface area contributed by atoms with Gasteiger partial charge in [0, 0.05) is 34.5 Å². The average molecular weight is 475 g/mol. The van der Waals surface area contributed by atoms with Crippen molar-refractivity contribution in [2.24, 2.45) is 0 Å². The molecule has 0 bridgehead atoms. The number of carbonyl (C=O) groups is 1. The van der Waals surface area contributed by atoms with Gasteiger partial charge in [-0.2, -0.15) is 0 Å². The summed E-state index contributed by atoms with van der Waals surface area (Å²) in [6, 6.07) is 14.6. The molecule has 1 fully saturated rings. The van der Waals surface area contributed by atoms with Crippen LogP contribution in [0, 0.1) is 11.6 Å². The summed E-state index contributed by atoms with van der Waals surface area (Å²) in [5, 5.41) is 5.24. The van der Waals surface area contributed by atoms with E-state index in [1.807, 2.05) is 0 Å². The molecule has 5 nitrogen and oxygen atoms in total. The number of urea groups is 1. The Morgan fingerprint density at radius 2 is 1.53 bits per heavy atom. The Kier molecular flexibility index (Phi) is 7.06. The van der Waals surface area contributed by atoms with Crippen molar-refractivity contribution in [1.82, 2.24) is 0 Å². The van der Waals surface area contributed by atoms with Crippen LogP contribution in [0.15, 0.2) is 60.7 Å². The summed E-state index contributed by atoms with van der Waals surface area (Å²) in [7, 11) is 1.57. The van der Waals surface area contributed by atoms with Crippen LogP contribution in [0.4, 0.5) is 25.0 Å². The zero-order valence-electron chi connectivity index (χ0n) is 17.1. The highest BCUT2D eigenvalue weighted by molar-refractivity contribution is 8.19. The molecule has 0 spiro atoms. The van der Waals surface area contributed by atoms with E-state index in [2.05, 4.69) is 10.6 Å². The monoisotopic (exact) mass is 474 g/mol. The molecule has 0 aliphatic carbocycles. The van der Waals surface area contributed by atoms with E-state index in [0.29, 0.717) is 28.4 Å². The molecule has 0 saturated carbocycles. The summed E-state index contributed by atoms with van der Waals surface area (Å²) in [5.74, 6) is 2.20. The Hall–Kier alpha value is -2.91. The van der Waals surface area contributed by atoms with E-state index in [4.69, 9.17) is 9.47 Å². The fraction of sp³-hybridized carbons (Fsp3) is 0.174. The van der Waals surface area contributed by atoms with E-state index in [-0.39, 0.29) is 10.3 Å². The molecule has 0 unspecified atom stereocenters. The highest BCUT2D eigenvalue weighted by Gasteiger charge is 2.26. The van der Waals surface area contributed by atoms with Crippen LogP contribution in [0.25, 0.3) is 0 Å². The Labute approximate surface area is 192 Å². The number of anilines is 2. The molecule has 2 amide bonds. The highest BCUT2D eigenvalue weighted by atomic mass is 32.2. The quantitative estimate of drug-likeness (QED) is 0.407. The van der Waals surface area contributed by atoms with Crippen molar-refractivity contribution in [1.29, 1.82) is 0 Å². The Bertz CT molecular complexity index is 1090. The number of thioether (sulfide) groups is 2. The van der Waals surface area contributed by atoms with Gasteiger partial charge in [0.2, 0.25) is 0 Å². The van der Waals surface area contributed by atoms with Crippen LogP contribution in [-0.2, 0) is 0 Å². The lowest BCUT2D eigenvalue weighted by Crippen LogP contribution is -2.19. The minimum atomic E-state index is -0.580. The largest absolute Gasteiger partial charge is 0.497 e. The number of methoxy groups -OCH3 is 1. The van der Waals surface area contributed by atoms with Crippen molar-refractivity contribution in [3.8, 4) is 17.2 Å². The third kappa shape index (κ3) is 5.46. The highest BCUT2D eigenvalue weighted by Crippen LogP contribution is 2.50. The van der Waals surface area contributed by atoms with Crippen LogP contribution in [0.1, 0.15) is 10.1 Å². The molecule has 1 aliphatic heterocycles. The van der Waals surface area contributed by atoms with Crippen LogP contribution >= 0.6 is 23.5 Å². The number of nitrogens with one attached hydrogen (secondary N) is 2. The molecule has 2 N–H and O–H groups in total. The number of ether oxygens (including phenoxy) is 2. The van der Waals surface area contributed by atoms with E-state index >= 15 is 4.39 Å². The molecule has 0 atom stereocenters. The summed E-state index contributed by atoms with van der Waals surface area (Å²) in [4.78, 5) is 12.4. The lowest BCUT2D eigenvalue weighted by molar-refractivity contribution is 0.262. The van der Waals surface area contributed by atoms with Crippen molar-refractivity contribution in [3.63, 3.8) is 0 Å². The Balaban J connectivity index is 1.57. The van der Waals surface area contributed by atoms with Crippen LogP contribution in [0.2, 0.25) is 0 Å². The van der Waals surface area contributed by atoms with E-state index in [0.717, 1.165) is 11.5 Å². The second-order valence-corrected chi connectivity index (χ2v) is 9.54. The van der Waals surface area contributed by atoms with Crippen molar-refractivity contribution >= 4 is 40.9 Å². The maximum atomic E-state index is 15.1. The Morgan fingerprint density at radius 3 is 2.19 bits per heavy atom. The van der Waals surface area contributed by atoms with Gasteiger partial charge in [0.25, 0.3) is 0 Å². The molecular formula is C23H20F2N2O3S2. The van der Waals surface area contributed by atoms with Gasteiger partial charge in [0.1, 0.15) is 17.3 Å². The molecule has 32 heavy (non-hydrogen) atoms. The fourth-order valence-corrected chi connectivity index (χ4v) is 5.97. The van der Waals surface area contributed by atoms with Gasteiger partial charge >= 0.3 is 6.03 Å². The zero-order valence-corrected chi connectivity index (χ0v) is 18.7. The first-order valence-corrected chi connectivity index (χ1v) is 11.8. The Morgan fingerprint density at radius 1 is 0.906 bits per heavy atom. The SMILES string of the molecule is COc1ccc(Oc2c(F)cc(NC(=O)Nc3ccc(F)cc3)cc2C2SCCS2)cc1. The average Bonchev–Trinajstić information content (AvgIpc) is 3.32. The van der Waals surface area contributed by atoms with Crippen LogP contribution < -0.4 is 20.1 Å². The summed E-state index contributed by atoms with van der Waals surface area (Å²) >= 11 is 3.40. The molecule has 4 rings (SSSR count). The van der Waals surface area contributed by atoms with E-state index in [1.165, 1.54) is 30.3 Å². The molecule has 9 heteroatoms. The first-order valence-electron chi connectivity index (χ1n) is 9.74. The molecule has 0 aromatic heterocycles. The number of hydrogen-bond acceptors (Lipinski definition) is 5. The molecule has 3 aromatic carbocycles. The van der Waals surface area contributed by atoms with E-state index in [9.17, 15) is 9.18 Å². The maximum absolute atomic E-state index is 15.1. The molecular weight excluding hydrogens is 454 g/mol. The third-order valence-electron chi connectivity index (χ3n) is 4.59. The first kappa shape index (κ1) is 22.3. The predicted molar refractivity (Wildman–Crippen MR) is 126 cm³/mol. The van der Waals surface area contributed by atoms with Gasteiger partial charge in [0.15, 0.2) is 11.6 Å². The van der Waals surface area contributed by atoms with Crippen LogP contribution in [0.3, 0.4) is 0 Å². The standard InChI is InChI=1S/C23H20F2N2O3S2/c1-29-17-6-8-18(9-7-17)30-21-19(22-31-10-11-32-22)12-16(13-20(21)25)27-23(28)26-15-4-2-14(24)3-5-15/h2-9,12-13,22H,10-11H2,1H3,(H2,26,27,28). The van der Waals surface area contributed by atoms with Gasteiger partial charge in [0.05, 0.1) is 11.7 Å². The molecule has 1 aliphatic rings. The number of amides is 2. The van der Waals surface area contributed by atoms with Crippen LogP contribution in [0.5, 0.6) is 17.2 Å². The molecule has 1 heterocycles. The lowest BCUT2D eigenvalue weighted by Gasteiger charge is -2.18. The number of benzene rings is 3. The first-order chi connectivity index (χ1) is 15.5. The van der Waals surface area contributed by atoms with Crippen molar-refractivity contribution in [3.05, 3.63) is 77.9 Å². The number of carbonyl (C=O) groups excluding carboxylic acids is 1. The van der Waals surface area contributed by atoms with Gasteiger partial charge in [-0.05, 0) is 54.6 Å². The van der Waals surface area contributed by atoms with Crippen molar-refractivity contribution in [2.45, 2.75) is 4.58 Å². The summed E-state index contributed by atoms with van der Waals surface area (Å²) in [6.07, 6.45) is 0. The van der Waals surface area contributed by atoms with Crippen molar-refractivity contribution < 1.29 is 23.0 Å². The van der Waals surface area contributed by atoms with Crippen LogP contribution in [-0.4, -0.2) is 24.6 Å². The topological polar surface area (TPSA) is 59.6 Å². The summed E-state index contributed by atoms with van der Waals surface area (Å²) in [6.45, 7) is 0. The summed E-state index contributed by atoms with van der Waals surface area (Å²) < 4.78 is 39.2. The summed E-state index contributed by atoms with van der Waals surface area (Å²) in [5.41, 5.74) is 1.38. The predicted octanol–water partition coefficient (Wildman–Crippen LogP) is 6.89. The third-order valence-corrected chi connectivity index (χ3v) is 7.66. The molecule has 3 aromatic rings. The van der Waals surface area contributed by atoms with Crippen molar-refractivity contribution in [2.75, 3.05) is 29.2 Å². The number of halogens is 2. The number of hydrogen-bond donors (Lipinski definition) is 2. The van der Waals surface area contributed by atoms with Gasteiger partial charge in [-0.25, -0.2) is 13.6 Å². The normalized spacial score (nSPS) is 13.6. The molecule has 166 valence electrons. The second-order valence-electron chi connectivity index (χ2n) is 6.81. The minimum Gasteiger partial charge on any atom is -0.497 e. The van der Waals surface area contributed by atoms with Gasteiger partial charge in [-0.3, -0.25) is 0 Å². The smallest absolute Gasteiger partial charge is 0.323 e. The number of rotatable bonds is 6. The molecule has 0 radical (unpaired) electrons. The van der Waals surface area contributed by atoms with E-state index in [1.54, 1.807) is 61.0 Å². The van der Waals surface area contributed by atoms with Gasteiger partial charge in [-0.1, -0.05) is 0 Å². The minimum absolute atomic E-state index is 0.0142. The van der Waals surface area contributed by atoms with Gasteiger partial charge < -0.3 is 20.1 Å². The maximum Gasteiger partial charge on any atom is 0.323 e. The molecule has 1 saturated heterocycles. The zero-order chi connectivity index (χ0) is 22.5. The van der Waals surface area contributed by atoms with E-state index < -0.39 is 17.7 Å². The second kappa shape index (κ2) is 10.1. The van der Waals surface area contributed by atoms with Gasteiger partial charge in [-0.15, -0.1) is 23.5 Å².